The molecule has 0 aliphatic carbocycles. The molecule has 13 heteroatoms. The number of hydrogen-bond donors (Lipinski definition) is 1. The zero-order chi connectivity index (χ0) is 27.3. The van der Waals surface area contributed by atoms with Crippen LogP contribution in [0.2, 0.25) is 0 Å². The Labute approximate surface area is 222 Å². The molecule has 0 radical (unpaired) electrons. The van der Waals surface area contributed by atoms with Crippen LogP contribution < -0.4 is 15.2 Å². The van der Waals surface area contributed by atoms with Gasteiger partial charge in [-0.2, -0.15) is 0 Å². The van der Waals surface area contributed by atoms with Crippen molar-refractivity contribution >= 4 is 36.8 Å². The monoisotopic (exact) mass is 549 g/mol. The van der Waals surface area contributed by atoms with Gasteiger partial charge >= 0.3 is 24.4 Å². The zero-order valence-corrected chi connectivity index (χ0v) is 22.7. The Morgan fingerprint density at radius 2 is 1.32 bits per heavy atom. The highest BCUT2D eigenvalue weighted by Crippen LogP contribution is 2.30. The third kappa shape index (κ3) is 13.0. The maximum Gasteiger partial charge on any atom is 0.513 e. The van der Waals surface area contributed by atoms with Gasteiger partial charge in [-0.25, -0.2) is 14.4 Å². The van der Waals surface area contributed by atoms with Crippen LogP contribution in [0.15, 0.2) is 18.2 Å². The van der Waals surface area contributed by atoms with Crippen molar-refractivity contribution in [1.29, 1.82) is 0 Å². The molecule has 210 valence electrons. The number of hydrogen-bond acceptors (Lipinski definition) is 12. The van der Waals surface area contributed by atoms with E-state index >= 15 is 0 Å². The second-order valence-corrected chi connectivity index (χ2v) is 8.08. The maximum atomic E-state index is 12.5. The molecule has 0 saturated heterocycles. The van der Waals surface area contributed by atoms with Gasteiger partial charge < -0.3 is 38.9 Å². The van der Waals surface area contributed by atoms with Crippen LogP contribution >= 0.6 is 12.4 Å². The minimum atomic E-state index is -1.10. The second kappa shape index (κ2) is 17.2. The summed E-state index contributed by atoms with van der Waals surface area (Å²) in [7, 11) is 0. The number of halogens is 1. The summed E-state index contributed by atoms with van der Waals surface area (Å²) in [6.07, 6.45) is -4.43. The highest BCUT2D eigenvalue weighted by atomic mass is 35.5. The largest absolute Gasteiger partial charge is 0.513 e. The second-order valence-electron chi connectivity index (χ2n) is 8.08. The van der Waals surface area contributed by atoms with E-state index in [0.717, 1.165) is 0 Å². The van der Waals surface area contributed by atoms with E-state index in [1.54, 1.807) is 27.7 Å². The molecule has 0 saturated carbocycles. The normalized spacial score (nSPS) is 12.8. The smallest absolute Gasteiger partial charge is 0.458 e. The summed E-state index contributed by atoms with van der Waals surface area (Å²) in [6.45, 7) is 10.4. The van der Waals surface area contributed by atoms with Crippen molar-refractivity contribution in [2.45, 2.75) is 66.2 Å². The molecule has 0 amide bonds. The fourth-order valence-electron chi connectivity index (χ4n) is 2.54. The Hall–Kier alpha value is -3.25. The zero-order valence-electron chi connectivity index (χ0n) is 21.8. The average molecular weight is 550 g/mol. The number of esters is 1. The van der Waals surface area contributed by atoms with Crippen LogP contribution in [0.4, 0.5) is 14.4 Å². The molecule has 0 spiro atoms. The number of rotatable bonds is 12. The first-order valence-corrected chi connectivity index (χ1v) is 11.6. The van der Waals surface area contributed by atoms with Gasteiger partial charge in [0.05, 0.1) is 19.8 Å². The van der Waals surface area contributed by atoms with Crippen molar-refractivity contribution in [3.8, 4) is 11.5 Å². The Morgan fingerprint density at radius 3 is 1.86 bits per heavy atom. The van der Waals surface area contributed by atoms with Crippen LogP contribution in [0.5, 0.6) is 11.5 Å². The highest BCUT2D eigenvalue weighted by molar-refractivity contribution is 5.85. The quantitative estimate of drug-likeness (QED) is 0.225. The van der Waals surface area contributed by atoms with E-state index < -0.39 is 42.7 Å². The van der Waals surface area contributed by atoms with Crippen molar-refractivity contribution < 1.29 is 52.3 Å². The molecule has 0 unspecified atom stereocenters. The molecular weight excluding hydrogens is 514 g/mol. The van der Waals surface area contributed by atoms with E-state index in [2.05, 4.69) is 0 Å². The van der Waals surface area contributed by atoms with Crippen molar-refractivity contribution in [1.82, 2.24) is 0 Å². The first-order valence-electron chi connectivity index (χ1n) is 11.6. The van der Waals surface area contributed by atoms with E-state index in [1.807, 2.05) is 13.8 Å². The van der Waals surface area contributed by atoms with E-state index in [4.69, 9.17) is 38.9 Å². The standard InChI is InChI=1S/C24H35NO11.ClH/c1-7-30-22(27)35-19-10-9-17(12-20(19)36-23(28)31-8-2)11-18(25)21(26)33-15(5)16(6)34-24(29)32-13-14(3)4;/h9-10,12,14-16,18H,7-8,11,13,25H2,1-6H3;1H/t15-,16-,18+;/m1./s1. The number of carbonyl (C=O) groups is 4. The van der Waals surface area contributed by atoms with Crippen LogP contribution in [0.1, 0.15) is 47.1 Å². The third-order valence-electron chi connectivity index (χ3n) is 4.46. The summed E-state index contributed by atoms with van der Waals surface area (Å²) in [5.74, 6) is -0.816. The fourth-order valence-corrected chi connectivity index (χ4v) is 2.54. The van der Waals surface area contributed by atoms with Crippen LogP contribution in [-0.2, 0) is 34.9 Å². The minimum Gasteiger partial charge on any atom is -0.458 e. The van der Waals surface area contributed by atoms with E-state index in [1.165, 1.54) is 18.2 Å². The SMILES string of the molecule is CCOC(=O)Oc1ccc(C[C@H](N)C(=O)O[C@H](C)[C@@H](C)OC(=O)OCC(C)C)cc1OC(=O)OCC.Cl. The van der Waals surface area contributed by atoms with Gasteiger partial charge in [0.2, 0.25) is 0 Å². The van der Waals surface area contributed by atoms with Gasteiger partial charge in [-0.3, -0.25) is 4.79 Å². The first-order chi connectivity index (χ1) is 17.0. The van der Waals surface area contributed by atoms with Crippen molar-refractivity contribution in [2.24, 2.45) is 11.7 Å². The van der Waals surface area contributed by atoms with Crippen molar-refractivity contribution in [2.75, 3.05) is 19.8 Å². The highest BCUT2D eigenvalue weighted by Gasteiger charge is 2.25. The average Bonchev–Trinajstić information content (AvgIpc) is 2.79. The summed E-state index contributed by atoms with van der Waals surface area (Å²) < 4.78 is 35.0. The van der Waals surface area contributed by atoms with Crippen LogP contribution in [0, 0.1) is 5.92 Å². The molecule has 1 aromatic carbocycles. The van der Waals surface area contributed by atoms with Crippen LogP contribution in [0.25, 0.3) is 0 Å². The van der Waals surface area contributed by atoms with Gasteiger partial charge in [0.15, 0.2) is 11.5 Å². The summed E-state index contributed by atoms with van der Waals surface area (Å²) in [5.41, 5.74) is 6.47. The molecule has 0 aliphatic rings. The Balaban J connectivity index is 0.0000130. The number of benzene rings is 1. The van der Waals surface area contributed by atoms with Crippen LogP contribution in [0.3, 0.4) is 0 Å². The molecular formula is C24H36ClNO11. The molecule has 3 atom stereocenters. The van der Waals surface area contributed by atoms with Gasteiger partial charge in [0.25, 0.3) is 0 Å². The van der Waals surface area contributed by atoms with Gasteiger partial charge in [0, 0.05) is 0 Å². The molecule has 2 N–H and O–H groups in total. The molecule has 0 aromatic heterocycles. The maximum absolute atomic E-state index is 12.5. The van der Waals surface area contributed by atoms with E-state index in [-0.39, 0.29) is 56.1 Å². The summed E-state index contributed by atoms with van der Waals surface area (Å²) >= 11 is 0. The molecule has 1 aromatic rings. The Morgan fingerprint density at radius 1 is 0.784 bits per heavy atom. The Kier molecular flexibility index (Phi) is 15.7. The number of ether oxygens (including phenoxy) is 7. The lowest BCUT2D eigenvalue weighted by Crippen LogP contribution is -2.39. The Bertz CT molecular complexity index is 893. The molecule has 37 heavy (non-hydrogen) atoms. The molecule has 12 nitrogen and oxygen atoms in total. The molecule has 0 heterocycles. The predicted molar refractivity (Wildman–Crippen MR) is 133 cm³/mol. The predicted octanol–water partition coefficient (Wildman–Crippen LogP) is 4.18. The summed E-state index contributed by atoms with van der Waals surface area (Å²) in [6, 6.07) is 3.16. The van der Waals surface area contributed by atoms with Crippen LogP contribution in [-0.4, -0.2) is 62.5 Å². The minimum absolute atomic E-state index is 0. The number of carbonyl (C=O) groups excluding carboxylic acids is 4. The van der Waals surface area contributed by atoms with Crippen molar-refractivity contribution in [3.05, 3.63) is 23.8 Å². The van der Waals surface area contributed by atoms with E-state index in [9.17, 15) is 19.2 Å². The fraction of sp³-hybridized carbons (Fsp3) is 0.583. The molecule has 0 aliphatic heterocycles. The van der Waals surface area contributed by atoms with Gasteiger partial charge in [-0.15, -0.1) is 12.4 Å². The van der Waals surface area contributed by atoms with Gasteiger partial charge in [-0.1, -0.05) is 19.9 Å². The third-order valence-corrected chi connectivity index (χ3v) is 4.46. The van der Waals surface area contributed by atoms with Gasteiger partial charge in [-0.05, 0) is 57.7 Å². The first kappa shape index (κ1) is 33.8. The molecule has 0 bridgehead atoms. The van der Waals surface area contributed by atoms with E-state index in [0.29, 0.717) is 5.56 Å². The van der Waals surface area contributed by atoms with Crippen molar-refractivity contribution in [3.63, 3.8) is 0 Å². The lowest BCUT2D eigenvalue weighted by Gasteiger charge is -2.22. The summed E-state index contributed by atoms with van der Waals surface area (Å²) in [4.78, 5) is 47.7. The lowest BCUT2D eigenvalue weighted by molar-refractivity contribution is -0.155. The summed E-state index contributed by atoms with van der Waals surface area (Å²) in [5, 5.41) is 0. The molecule has 0 fully saturated rings. The lowest BCUT2D eigenvalue weighted by atomic mass is 10.1. The number of nitrogens with two attached hydrogens (primary N) is 1. The topological polar surface area (TPSA) is 159 Å². The van der Waals surface area contributed by atoms with Gasteiger partial charge in [0.1, 0.15) is 18.2 Å². The molecule has 1 rings (SSSR count).